The number of aliphatic imine (C=N–C) groups is 2. The Labute approximate surface area is 215 Å². The van der Waals surface area contributed by atoms with Crippen LogP contribution in [-0.4, -0.2) is 64.2 Å². The van der Waals surface area contributed by atoms with Crippen molar-refractivity contribution >= 4 is 37.1 Å². The first-order valence-corrected chi connectivity index (χ1v) is 13.2. The highest BCUT2D eigenvalue weighted by Crippen LogP contribution is 2.41. The Hall–Kier alpha value is -2.61. The van der Waals surface area contributed by atoms with Crippen molar-refractivity contribution < 1.29 is 9.59 Å². The molecule has 0 spiro atoms. The van der Waals surface area contributed by atoms with Gasteiger partial charge in [0.1, 0.15) is 6.04 Å². The lowest BCUT2D eigenvalue weighted by atomic mass is 9.90. The van der Waals surface area contributed by atoms with Crippen LogP contribution in [0.1, 0.15) is 66.7 Å². The Morgan fingerprint density at radius 2 is 2.03 bits per heavy atom. The van der Waals surface area contributed by atoms with Gasteiger partial charge in [0.25, 0.3) is 5.91 Å². The second-order valence-corrected chi connectivity index (χ2v) is 9.86. The molecule has 2 aliphatic heterocycles. The number of hydrogen-bond donors (Lipinski definition) is 1. The number of rotatable bonds is 6. The molecule has 2 atom stereocenters. The molecule has 190 valence electrons. The maximum atomic E-state index is 14.0. The molecular formula is C27H39N5O2S. The molecule has 35 heavy (non-hydrogen) atoms. The van der Waals surface area contributed by atoms with Gasteiger partial charge in [-0.3, -0.25) is 14.5 Å². The van der Waals surface area contributed by atoms with Crippen molar-refractivity contribution in [2.75, 3.05) is 12.9 Å². The second-order valence-electron chi connectivity index (χ2n) is 9.58. The van der Waals surface area contributed by atoms with Gasteiger partial charge in [-0.15, -0.1) is 0 Å². The Balaban J connectivity index is 2.15. The summed E-state index contributed by atoms with van der Waals surface area (Å²) in [5.41, 5.74) is 3.80. The summed E-state index contributed by atoms with van der Waals surface area (Å²) in [6.07, 6.45) is 11.0. The summed E-state index contributed by atoms with van der Waals surface area (Å²) in [6, 6.07) is -0.579. The summed E-state index contributed by atoms with van der Waals surface area (Å²) in [7, 11) is 1.74. The minimum absolute atomic E-state index is 0.0245. The first-order chi connectivity index (χ1) is 16.7. The van der Waals surface area contributed by atoms with Crippen LogP contribution >= 0.6 is 12.6 Å². The van der Waals surface area contributed by atoms with Crippen LogP contribution in [0.3, 0.4) is 0 Å². The van der Waals surface area contributed by atoms with Crippen LogP contribution in [0.25, 0.3) is 0 Å². The van der Waals surface area contributed by atoms with E-state index in [9.17, 15) is 9.59 Å². The summed E-state index contributed by atoms with van der Waals surface area (Å²) in [5, 5.41) is 0. The molecule has 0 radical (unpaired) electrons. The molecule has 0 saturated heterocycles. The van der Waals surface area contributed by atoms with Crippen LogP contribution in [0.4, 0.5) is 0 Å². The summed E-state index contributed by atoms with van der Waals surface area (Å²) in [5.74, 6) is 1.31. The fourth-order valence-electron chi connectivity index (χ4n) is 5.08. The first-order valence-electron chi connectivity index (χ1n) is 12.5. The highest BCUT2D eigenvalue weighted by molar-refractivity contribution is 7.80. The molecule has 0 aromatic heterocycles. The van der Waals surface area contributed by atoms with Gasteiger partial charge in [-0.25, -0.2) is 4.99 Å². The van der Waals surface area contributed by atoms with Crippen molar-refractivity contribution in [3.05, 3.63) is 46.5 Å². The number of allylic oxidation sites excluding steroid dienone is 3. The lowest BCUT2D eigenvalue weighted by Crippen LogP contribution is -2.50. The molecule has 0 saturated carbocycles. The number of nitrogens with zero attached hydrogens (tertiary/aromatic N) is 5. The molecular weight excluding hydrogens is 458 g/mol. The van der Waals surface area contributed by atoms with Gasteiger partial charge in [0.15, 0.2) is 5.82 Å². The Morgan fingerprint density at radius 3 is 2.63 bits per heavy atom. The molecule has 8 heteroatoms. The van der Waals surface area contributed by atoms with Crippen molar-refractivity contribution in [3.63, 3.8) is 0 Å². The maximum absolute atomic E-state index is 14.0. The Kier molecular flexibility index (Phi) is 8.80. The van der Waals surface area contributed by atoms with Gasteiger partial charge < -0.3 is 9.80 Å². The van der Waals surface area contributed by atoms with Gasteiger partial charge in [-0.05, 0) is 69.7 Å². The van der Waals surface area contributed by atoms with Gasteiger partial charge in [0.2, 0.25) is 11.9 Å². The Morgan fingerprint density at radius 1 is 1.31 bits per heavy atom. The quantitative estimate of drug-likeness (QED) is 0.245. The van der Waals surface area contributed by atoms with E-state index in [1.807, 2.05) is 18.7 Å². The molecule has 1 aliphatic carbocycles. The lowest BCUT2D eigenvalue weighted by Gasteiger charge is -2.39. The monoisotopic (exact) mass is 497 g/mol. The predicted molar refractivity (Wildman–Crippen MR) is 146 cm³/mol. The van der Waals surface area contributed by atoms with Crippen molar-refractivity contribution in [3.8, 4) is 0 Å². The van der Waals surface area contributed by atoms with Gasteiger partial charge in [0, 0.05) is 12.6 Å². The van der Waals surface area contributed by atoms with E-state index in [2.05, 4.69) is 63.3 Å². The van der Waals surface area contributed by atoms with Crippen LogP contribution in [0, 0.1) is 5.92 Å². The predicted octanol–water partition coefficient (Wildman–Crippen LogP) is 4.91. The van der Waals surface area contributed by atoms with E-state index >= 15 is 0 Å². The minimum atomic E-state index is -0.422. The van der Waals surface area contributed by atoms with Crippen molar-refractivity contribution in [2.24, 2.45) is 15.9 Å². The zero-order valence-electron chi connectivity index (χ0n) is 21.9. The molecule has 3 aliphatic rings. The summed E-state index contributed by atoms with van der Waals surface area (Å²) in [4.78, 5) is 41.0. The van der Waals surface area contributed by atoms with Crippen LogP contribution in [0.15, 0.2) is 56.5 Å². The zero-order valence-corrected chi connectivity index (χ0v) is 22.8. The molecule has 0 aromatic carbocycles. The van der Waals surface area contributed by atoms with E-state index < -0.39 is 6.04 Å². The number of carbonyl (C=O) groups is 2. The third-order valence-electron chi connectivity index (χ3n) is 7.12. The fourth-order valence-corrected chi connectivity index (χ4v) is 5.46. The minimum Gasteiger partial charge on any atom is -0.334 e. The highest BCUT2D eigenvalue weighted by atomic mass is 32.1. The van der Waals surface area contributed by atoms with Crippen LogP contribution in [-0.2, 0) is 9.59 Å². The van der Waals surface area contributed by atoms with E-state index in [0.29, 0.717) is 23.8 Å². The fraction of sp³-hybridized carbons (Fsp3) is 0.556. The largest absolute Gasteiger partial charge is 0.334 e. The normalized spacial score (nSPS) is 24.2. The molecule has 3 rings (SSSR count). The van der Waals surface area contributed by atoms with Gasteiger partial charge in [0.05, 0.1) is 17.6 Å². The van der Waals surface area contributed by atoms with E-state index in [1.165, 1.54) is 5.57 Å². The number of carbonyl (C=O) groups excluding carboxylic acids is 2. The summed E-state index contributed by atoms with van der Waals surface area (Å²) in [6.45, 7) is 13.8. The number of hydrogen-bond acceptors (Lipinski definition) is 5. The third kappa shape index (κ3) is 5.03. The highest BCUT2D eigenvalue weighted by Gasteiger charge is 2.43. The van der Waals surface area contributed by atoms with E-state index in [-0.39, 0.29) is 29.7 Å². The molecule has 0 N–H and O–H groups in total. The van der Waals surface area contributed by atoms with Gasteiger partial charge in [-0.1, -0.05) is 39.0 Å². The summed E-state index contributed by atoms with van der Waals surface area (Å²) < 4.78 is 0. The molecule has 0 bridgehead atoms. The number of amides is 2. The van der Waals surface area contributed by atoms with E-state index in [4.69, 9.17) is 4.99 Å². The van der Waals surface area contributed by atoms with E-state index in [1.54, 1.807) is 16.8 Å². The van der Waals surface area contributed by atoms with Gasteiger partial charge in [-0.2, -0.15) is 17.6 Å². The Bertz CT molecular complexity index is 1040. The van der Waals surface area contributed by atoms with Crippen molar-refractivity contribution in [1.82, 2.24) is 14.7 Å². The maximum Gasteiger partial charge on any atom is 0.261 e. The SMILES string of the molecule is C=N/C(=N\C1=C(C)N(C)C(=O)C(C)N1CS)N1C(=O)C2=C(CCCC=C2C(C)C)C1C/C=C/CC. The van der Waals surface area contributed by atoms with Crippen LogP contribution in [0.2, 0.25) is 0 Å². The molecule has 7 nitrogen and oxygen atoms in total. The molecule has 2 unspecified atom stereocenters. The van der Waals surface area contributed by atoms with Crippen LogP contribution in [0.5, 0.6) is 0 Å². The van der Waals surface area contributed by atoms with Crippen molar-refractivity contribution in [2.45, 2.75) is 78.8 Å². The standard InChI is InChI=1S/C27H39N5O2S/c1-8-9-10-15-22-21-14-12-11-13-20(17(2)3)23(21)26(34)32(22)27(28-6)29-24-18(4)30(7)25(33)19(5)31(24)16-35/h9-10,13,17,19,22,35H,6,8,11-12,14-16H2,1-5,7H3/b10-9+,29-27+. The van der Waals surface area contributed by atoms with Crippen molar-refractivity contribution in [1.29, 1.82) is 0 Å². The smallest absolute Gasteiger partial charge is 0.261 e. The molecule has 0 fully saturated rings. The number of thiol groups is 1. The van der Waals surface area contributed by atoms with Gasteiger partial charge >= 0.3 is 0 Å². The van der Waals surface area contributed by atoms with E-state index in [0.717, 1.165) is 36.8 Å². The molecule has 0 aromatic rings. The molecule has 2 heterocycles. The molecule has 2 amide bonds. The second kappa shape index (κ2) is 11.4. The topological polar surface area (TPSA) is 68.6 Å². The average molecular weight is 498 g/mol. The average Bonchev–Trinajstić information content (AvgIpc) is 2.98. The third-order valence-corrected chi connectivity index (χ3v) is 7.43. The first kappa shape index (κ1) is 27.0. The lowest BCUT2D eigenvalue weighted by molar-refractivity contribution is -0.134. The number of likely N-dealkylation sites (N-methyl/N-ethyl adjacent to an activating group) is 1. The van der Waals surface area contributed by atoms with Crippen LogP contribution < -0.4 is 0 Å². The zero-order chi connectivity index (χ0) is 25.9. The number of guanidine groups is 1. The summed E-state index contributed by atoms with van der Waals surface area (Å²) >= 11 is 4.46.